The van der Waals surface area contributed by atoms with E-state index in [4.69, 9.17) is 9.84 Å². The van der Waals surface area contributed by atoms with Crippen molar-refractivity contribution in [3.8, 4) is 0 Å². The average molecular weight is 440 g/mol. The second kappa shape index (κ2) is 6.19. The molecule has 5 nitrogen and oxygen atoms in total. The Kier molecular flexibility index (Phi) is 4.80. The number of carbonyl (C=O) groups excluding carboxylic acids is 1. The summed E-state index contributed by atoms with van der Waals surface area (Å²) in [7, 11) is 0. The van der Waals surface area contributed by atoms with E-state index in [-0.39, 0.29) is 19.1 Å². The third kappa shape index (κ3) is 3.46. The number of hydrogen-bond acceptors (Lipinski definition) is 3. The Morgan fingerprint density at radius 3 is 2.89 bits per heavy atom. The first-order valence-electron chi connectivity index (χ1n) is 5.58. The number of nitrogens with zero attached hydrogens (tertiary/aromatic N) is 1. The Labute approximate surface area is 132 Å². The molecule has 2 rings (SSSR count). The van der Waals surface area contributed by atoms with Gasteiger partial charge in [-0.25, -0.2) is 4.79 Å². The maximum atomic E-state index is 12.4. The van der Waals surface area contributed by atoms with E-state index in [2.05, 4.69) is 38.5 Å². The highest BCUT2D eigenvalue weighted by Gasteiger charge is 2.30. The monoisotopic (exact) mass is 439 g/mol. The normalized spacial score (nSPS) is 19.3. The molecule has 0 bridgehead atoms. The number of aliphatic carboxylic acids is 1. The first-order valence-corrected chi connectivity index (χ1v) is 7.45. The quantitative estimate of drug-likeness (QED) is 0.715. The lowest BCUT2D eigenvalue weighted by molar-refractivity contribution is -0.154. The molecule has 1 aliphatic rings. The van der Waals surface area contributed by atoms with Crippen LogP contribution in [-0.2, 0) is 9.53 Å². The molecule has 1 N–H and O–H groups in total. The van der Waals surface area contributed by atoms with Gasteiger partial charge in [-0.1, -0.05) is 15.9 Å². The predicted octanol–water partition coefficient (Wildman–Crippen LogP) is 1.98. The van der Waals surface area contributed by atoms with Crippen molar-refractivity contribution in [1.29, 1.82) is 0 Å². The summed E-state index contributed by atoms with van der Waals surface area (Å²) in [5.74, 6) is -1.21. The number of amides is 1. The highest BCUT2D eigenvalue weighted by Crippen LogP contribution is 2.21. The third-order valence-corrected chi connectivity index (χ3v) is 4.22. The van der Waals surface area contributed by atoms with E-state index >= 15 is 0 Å². The molecule has 0 saturated carbocycles. The molecule has 1 unspecified atom stereocenters. The summed E-state index contributed by atoms with van der Waals surface area (Å²) in [6.07, 6.45) is -0.942. The Morgan fingerprint density at radius 1 is 1.47 bits per heavy atom. The fraction of sp³-hybridized carbons (Fsp3) is 0.333. The van der Waals surface area contributed by atoms with Crippen LogP contribution in [-0.4, -0.2) is 47.7 Å². The van der Waals surface area contributed by atoms with E-state index in [1.165, 1.54) is 4.90 Å². The van der Waals surface area contributed by atoms with Gasteiger partial charge >= 0.3 is 5.97 Å². The third-order valence-electron chi connectivity index (χ3n) is 2.79. The highest BCUT2D eigenvalue weighted by atomic mass is 127. The predicted molar refractivity (Wildman–Crippen MR) is 80.1 cm³/mol. The van der Waals surface area contributed by atoms with Crippen molar-refractivity contribution in [3.05, 3.63) is 31.8 Å². The van der Waals surface area contributed by atoms with Crippen LogP contribution < -0.4 is 0 Å². The number of ether oxygens (including phenoxy) is 1. The molecular weight excluding hydrogens is 429 g/mol. The molecule has 7 heteroatoms. The van der Waals surface area contributed by atoms with Crippen LogP contribution >= 0.6 is 38.5 Å². The van der Waals surface area contributed by atoms with Crippen molar-refractivity contribution in [1.82, 2.24) is 4.90 Å². The second-order valence-corrected chi connectivity index (χ2v) is 6.15. The highest BCUT2D eigenvalue weighted by molar-refractivity contribution is 14.1. The summed E-state index contributed by atoms with van der Waals surface area (Å²) in [4.78, 5) is 24.8. The van der Waals surface area contributed by atoms with Gasteiger partial charge in [-0.3, -0.25) is 4.79 Å². The minimum absolute atomic E-state index is 0.0801. The maximum Gasteiger partial charge on any atom is 0.334 e. The number of carboxylic acid groups (broad SMARTS) is 1. The lowest BCUT2D eigenvalue weighted by Crippen LogP contribution is -2.48. The van der Waals surface area contributed by atoms with Crippen molar-refractivity contribution in [3.63, 3.8) is 0 Å². The zero-order valence-corrected chi connectivity index (χ0v) is 13.5. The van der Waals surface area contributed by atoms with Gasteiger partial charge in [0.15, 0.2) is 6.10 Å². The summed E-state index contributed by atoms with van der Waals surface area (Å²) in [6, 6.07) is 5.44. The largest absolute Gasteiger partial charge is 0.479 e. The molecule has 1 aromatic rings. The van der Waals surface area contributed by atoms with Gasteiger partial charge < -0.3 is 14.7 Å². The van der Waals surface area contributed by atoms with Crippen LogP contribution in [0.2, 0.25) is 0 Å². The zero-order valence-electron chi connectivity index (χ0n) is 9.81. The molecule has 102 valence electrons. The van der Waals surface area contributed by atoms with E-state index < -0.39 is 12.1 Å². The fourth-order valence-electron chi connectivity index (χ4n) is 1.81. The van der Waals surface area contributed by atoms with E-state index in [1.807, 2.05) is 12.1 Å². The number of hydrogen-bond donors (Lipinski definition) is 1. The number of carbonyl (C=O) groups is 2. The molecule has 1 aromatic carbocycles. The number of rotatable bonds is 2. The number of carboxylic acids is 1. The standard InChI is InChI=1S/C12H11BrINO4/c13-7-1-2-9(14)8(5-7)11(16)15-3-4-19-10(6-15)12(17)18/h1-2,5,10H,3-4,6H2,(H,17,18). The molecule has 1 heterocycles. The Hall–Kier alpha value is -0.670. The van der Waals surface area contributed by atoms with Crippen molar-refractivity contribution in [2.45, 2.75) is 6.10 Å². The Bertz CT molecular complexity index is 522. The fourth-order valence-corrected chi connectivity index (χ4v) is 2.74. The SMILES string of the molecule is O=C(O)C1CN(C(=O)c2cc(Br)ccc2I)CCO1. The van der Waals surface area contributed by atoms with Crippen LogP contribution in [0.3, 0.4) is 0 Å². The summed E-state index contributed by atoms with van der Waals surface area (Å²) in [5, 5.41) is 8.94. The molecule has 0 spiro atoms. The molecule has 1 amide bonds. The van der Waals surface area contributed by atoms with Gasteiger partial charge in [-0.2, -0.15) is 0 Å². The van der Waals surface area contributed by atoms with Crippen molar-refractivity contribution in [2.75, 3.05) is 19.7 Å². The Balaban J connectivity index is 2.19. The second-order valence-electron chi connectivity index (χ2n) is 4.07. The van der Waals surface area contributed by atoms with E-state index in [1.54, 1.807) is 6.07 Å². The van der Waals surface area contributed by atoms with Gasteiger partial charge in [0.25, 0.3) is 5.91 Å². The van der Waals surface area contributed by atoms with Gasteiger partial charge in [0.1, 0.15) is 0 Å². The van der Waals surface area contributed by atoms with Crippen LogP contribution in [0.1, 0.15) is 10.4 Å². The van der Waals surface area contributed by atoms with Gasteiger partial charge in [0, 0.05) is 14.6 Å². The van der Waals surface area contributed by atoms with Gasteiger partial charge in [0.05, 0.1) is 18.7 Å². The van der Waals surface area contributed by atoms with Gasteiger partial charge in [-0.05, 0) is 40.8 Å². The van der Waals surface area contributed by atoms with Gasteiger partial charge in [-0.15, -0.1) is 0 Å². The topological polar surface area (TPSA) is 66.8 Å². The summed E-state index contributed by atoms with van der Waals surface area (Å²) < 4.78 is 6.76. The zero-order chi connectivity index (χ0) is 14.0. The van der Waals surface area contributed by atoms with E-state index in [0.29, 0.717) is 12.1 Å². The van der Waals surface area contributed by atoms with Crippen LogP contribution in [0.5, 0.6) is 0 Å². The molecule has 19 heavy (non-hydrogen) atoms. The van der Waals surface area contributed by atoms with Crippen LogP contribution in [0, 0.1) is 3.57 Å². The lowest BCUT2D eigenvalue weighted by Gasteiger charge is -2.31. The van der Waals surface area contributed by atoms with Crippen molar-refractivity contribution < 1.29 is 19.4 Å². The number of morpholine rings is 1. The summed E-state index contributed by atoms with van der Waals surface area (Å²) in [5.41, 5.74) is 0.570. The smallest absolute Gasteiger partial charge is 0.334 e. The minimum Gasteiger partial charge on any atom is -0.479 e. The maximum absolute atomic E-state index is 12.4. The van der Waals surface area contributed by atoms with Crippen LogP contribution in [0.25, 0.3) is 0 Å². The van der Waals surface area contributed by atoms with Crippen molar-refractivity contribution >= 4 is 50.4 Å². The molecular formula is C12H11BrINO4. The molecule has 0 radical (unpaired) electrons. The van der Waals surface area contributed by atoms with E-state index in [9.17, 15) is 9.59 Å². The minimum atomic E-state index is -1.04. The summed E-state index contributed by atoms with van der Waals surface area (Å²) in [6.45, 7) is 0.731. The first-order chi connectivity index (χ1) is 8.99. The first kappa shape index (κ1) is 14.7. The lowest BCUT2D eigenvalue weighted by atomic mass is 10.1. The molecule has 1 atom stereocenters. The van der Waals surface area contributed by atoms with Gasteiger partial charge in [0.2, 0.25) is 0 Å². The molecule has 0 aromatic heterocycles. The Morgan fingerprint density at radius 2 is 2.21 bits per heavy atom. The molecule has 1 aliphatic heterocycles. The molecule has 1 fully saturated rings. The van der Waals surface area contributed by atoms with E-state index in [0.717, 1.165) is 8.04 Å². The number of benzene rings is 1. The summed E-state index contributed by atoms with van der Waals surface area (Å²) >= 11 is 5.42. The van der Waals surface area contributed by atoms with Crippen molar-refractivity contribution in [2.24, 2.45) is 0 Å². The van der Waals surface area contributed by atoms with Crippen LogP contribution in [0.15, 0.2) is 22.7 Å². The average Bonchev–Trinajstić information content (AvgIpc) is 2.41. The van der Waals surface area contributed by atoms with Crippen LogP contribution in [0.4, 0.5) is 0 Å². The molecule has 1 saturated heterocycles. The molecule has 0 aliphatic carbocycles. The number of halogens is 2.